The highest BCUT2D eigenvalue weighted by Crippen LogP contribution is 2.23. The van der Waals surface area contributed by atoms with Crippen molar-refractivity contribution in [3.8, 4) is 0 Å². The Morgan fingerprint density at radius 3 is 2.88 bits per heavy atom. The lowest BCUT2D eigenvalue weighted by molar-refractivity contribution is 0.645. The molecule has 86 valence electrons. The summed E-state index contributed by atoms with van der Waals surface area (Å²) in [5.74, 6) is 0. The summed E-state index contributed by atoms with van der Waals surface area (Å²) in [7, 11) is 0. The number of nitrogens with one attached hydrogen (secondary N) is 1. The van der Waals surface area contributed by atoms with Gasteiger partial charge in [0.15, 0.2) is 0 Å². The first-order valence-electron chi connectivity index (χ1n) is 6.76. The first-order chi connectivity index (χ1) is 7.92. The monoisotopic (exact) mass is 215 g/mol. The van der Waals surface area contributed by atoms with E-state index in [9.17, 15) is 0 Å². The second-order valence-corrected chi connectivity index (χ2v) is 5.29. The molecule has 16 heavy (non-hydrogen) atoms. The van der Waals surface area contributed by atoms with E-state index >= 15 is 0 Å². The van der Waals surface area contributed by atoms with Crippen LogP contribution in [0.25, 0.3) is 0 Å². The topological polar surface area (TPSA) is 12.0 Å². The molecule has 0 bridgehead atoms. The highest BCUT2D eigenvalue weighted by molar-refractivity contribution is 5.35. The van der Waals surface area contributed by atoms with E-state index in [1.165, 1.54) is 51.5 Å². The number of benzene rings is 1. The molecule has 1 N–H and O–H groups in total. The van der Waals surface area contributed by atoms with Gasteiger partial charge in [0.2, 0.25) is 0 Å². The maximum Gasteiger partial charge on any atom is 0.00682 e. The molecule has 1 saturated carbocycles. The summed E-state index contributed by atoms with van der Waals surface area (Å²) in [6, 6.07) is 7.99. The number of hydrogen-bond acceptors (Lipinski definition) is 1. The number of aryl methyl sites for hydroxylation is 3. The van der Waals surface area contributed by atoms with Crippen LogP contribution >= 0.6 is 0 Å². The molecule has 1 fully saturated rings. The lowest BCUT2D eigenvalue weighted by atomic mass is 10.0. The molecular weight excluding hydrogens is 194 g/mol. The average molecular weight is 215 g/mol. The highest BCUT2D eigenvalue weighted by Gasteiger charge is 2.19. The Morgan fingerprint density at radius 1 is 1.12 bits per heavy atom. The smallest absolute Gasteiger partial charge is 0.00682 e. The van der Waals surface area contributed by atoms with Crippen LogP contribution in [0.4, 0.5) is 0 Å². The summed E-state index contributed by atoms with van der Waals surface area (Å²) in [6.45, 7) is 1.20. The van der Waals surface area contributed by atoms with E-state index in [0.29, 0.717) is 0 Å². The van der Waals surface area contributed by atoms with E-state index in [4.69, 9.17) is 0 Å². The van der Waals surface area contributed by atoms with Gasteiger partial charge < -0.3 is 5.32 Å². The molecule has 2 aliphatic carbocycles. The van der Waals surface area contributed by atoms with Crippen molar-refractivity contribution >= 4 is 0 Å². The molecule has 1 aromatic carbocycles. The van der Waals surface area contributed by atoms with Crippen molar-refractivity contribution in [2.75, 3.05) is 6.54 Å². The standard InChI is InChI=1S/C15H21N/c1-4-13-7-6-12(11-14(13)5-1)3-2-10-16-15-8-9-15/h6-7,11,15-16H,1-5,8-10H2. The maximum atomic E-state index is 3.58. The molecule has 0 unspecified atom stereocenters. The summed E-state index contributed by atoms with van der Waals surface area (Å²) < 4.78 is 0. The number of rotatable bonds is 5. The van der Waals surface area contributed by atoms with Crippen molar-refractivity contribution in [2.45, 2.75) is 51.0 Å². The zero-order valence-corrected chi connectivity index (χ0v) is 9.97. The Bertz CT molecular complexity index is 366. The first-order valence-corrected chi connectivity index (χ1v) is 6.76. The van der Waals surface area contributed by atoms with Crippen molar-refractivity contribution in [2.24, 2.45) is 0 Å². The van der Waals surface area contributed by atoms with Crippen molar-refractivity contribution in [1.82, 2.24) is 5.32 Å². The molecule has 1 aromatic rings. The third kappa shape index (κ3) is 2.46. The van der Waals surface area contributed by atoms with Crippen LogP contribution in [0.1, 0.15) is 42.4 Å². The molecule has 0 aliphatic heterocycles. The van der Waals surface area contributed by atoms with Gasteiger partial charge in [0, 0.05) is 6.04 Å². The van der Waals surface area contributed by atoms with Crippen molar-refractivity contribution < 1.29 is 0 Å². The van der Waals surface area contributed by atoms with Crippen LogP contribution in [0.2, 0.25) is 0 Å². The van der Waals surface area contributed by atoms with Gasteiger partial charge in [0.25, 0.3) is 0 Å². The van der Waals surface area contributed by atoms with Gasteiger partial charge in [0.05, 0.1) is 0 Å². The van der Waals surface area contributed by atoms with Gasteiger partial charge in [-0.2, -0.15) is 0 Å². The largest absolute Gasteiger partial charge is 0.314 e. The second kappa shape index (κ2) is 4.58. The third-order valence-corrected chi connectivity index (χ3v) is 3.82. The normalized spacial score (nSPS) is 18.8. The van der Waals surface area contributed by atoms with E-state index in [-0.39, 0.29) is 0 Å². The second-order valence-electron chi connectivity index (χ2n) is 5.29. The minimum Gasteiger partial charge on any atom is -0.314 e. The number of fused-ring (bicyclic) bond motifs is 1. The van der Waals surface area contributed by atoms with Crippen molar-refractivity contribution in [1.29, 1.82) is 0 Å². The first kappa shape index (κ1) is 10.3. The van der Waals surface area contributed by atoms with Crippen LogP contribution < -0.4 is 5.32 Å². The average Bonchev–Trinajstić information content (AvgIpc) is 3.01. The lowest BCUT2D eigenvalue weighted by Crippen LogP contribution is -2.17. The Labute approximate surface area is 98.3 Å². The molecular formula is C15H21N. The van der Waals surface area contributed by atoms with Gasteiger partial charge in [-0.1, -0.05) is 18.2 Å². The summed E-state index contributed by atoms with van der Waals surface area (Å²) in [6.07, 6.45) is 9.31. The molecule has 0 radical (unpaired) electrons. The van der Waals surface area contributed by atoms with E-state index < -0.39 is 0 Å². The summed E-state index contributed by atoms with van der Waals surface area (Å²) in [4.78, 5) is 0. The number of hydrogen-bond donors (Lipinski definition) is 1. The fourth-order valence-electron chi connectivity index (χ4n) is 2.67. The quantitative estimate of drug-likeness (QED) is 0.745. The van der Waals surface area contributed by atoms with E-state index in [1.807, 2.05) is 0 Å². The molecule has 0 atom stereocenters. The Morgan fingerprint density at radius 2 is 2.00 bits per heavy atom. The van der Waals surface area contributed by atoms with Gasteiger partial charge in [-0.3, -0.25) is 0 Å². The zero-order valence-electron chi connectivity index (χ0n) is 9.97. The Balaban J connectivity index is 1.49. The molecule has 0 heterocycles. The predicted molar refractivity (Wildman–Crippen MR) is 67.8 cm³/mol. The SMILES string of the molecule is c1cc2c(cc1CCCNC1CC1)CCC2. The van der Waals surface area contributed by atoms with Crippen LogP contribution in [0.3, 0.4) is 0 Å². The van der Waals surface area contributed by atoms with Crippen molar-refractivity contribution in [3.63, 3.8) is 0 Å². The van der Waals surface area contributed by atoms with E-state index in [1.54, 1.807) is 16.7 Å². The molecule has 0 amide bonds. The van der Waals surface area contributed by atoms with Gasteiger partial charge in [-0.25, -0.2) is 0 Å². The maximum absolute atomic E-state index is 3.58. The lowest BCUT2D eigenvalue weighted by Gasteiger charge is -2.05. The summed E-state index contributed by atoms with van der Waals surface area (Å²) in [5, 5.41) is 3.58. The van der Waals surface area contributed by atoms with Gasteiger partial charge >= 0.3 is 0 Å². The van der Waals surface area contributed by atoms with Crippen LogP contribution in [0.5, 0.6) is 0 Å². The molecule has 0 saturated heterocycles. The third-order valence-electron chi connectivity index (χ3n) is 3.82. The molecule has 2 aliphatic rings. The van der Waals surface area contributed by atoms with E-state index in [0.717, 1.165) is 6.04 Å². The predicted octanol–water partition coefficient (Wildman–Crippen LogP) is 2.86. The molecule has 3 rings (SSSR count). The highest BCUT2D eigenvalue weighted by atomic mass is 14.9. The molecule has 1 nitrogen and oxygen atoms in total. The fourth-order valence-corrected chi connectivity index (χ4v) is 2.67. The zero-order chi connectivity index (χ0) is 10.8. The molecule has 0 aromatic heterocycles. The van der Waals surface area contributed by atoms with Gasteiger partial charge in [-0.05, 0) is 68.2 Å². The van der Waals surface area contributed by atoms with Gasteiger partial charge in [0.1, 0.15) is 0 Å². The summed E-state index contributed by atoms with van der Waals surface area (Å²) >= 11 is 0. The minimum absolute atomic E-state index is 0.861. The van der Waals surface area contributed by atoms with Crippen LogP contribution in [-0.2, 0) is 19.3 Å². The van der Waals surface area contributed by atoms with Crippen molar-refractivity contribution in [3.05, 3.63) is 34.9 Å². The fraction of sp³-hybridized carbons (Fsp3) is 0.600. The van der Waals surface area contributed by atoms with Gasteiger partial charge in [-0.15, -0.1) is 0 Å². The summed E-state index contributed by atoms with van der Waals surface area (Å²) in [5.41, 5.74) is 4.76. The Hall–Kier alpha value is -0.820. The van der Waals surface area contributed by atoms with Crippen LogP contribution in [0.15, 0.2) is 18.2 Å². The minimum atomic E-state index is 0.861. The van der Waals surface area contributed by atoms with Crippen LogP contribution in [0, 0.1) is 0 Å². The Kier molecular flexibility index (Phi) is 2.96. The molecule has 1 heteroatoms. The van der Waals surface area contributed by atoms with Crippen LogP contribution in [-0.4, -0.2) is 12.6 Å². The molecule has 0 spiro atoms. The van der Waals surface area contributed by atoms with E-state index in [2.05, 4.69) is 23.5 Å².